The van der Waals surface area contributed by atoms with Crippen molar-refractivity contribution < 1.29 is 9.15 Å². The second kappa shape index (κ2) is 6.58. The molecule has 0 fully saturated rings. The summed E-state index contributed by atoms with van der Waals surface area (Å²) in [6.45, 7) is 0. The Morgan fingerprint density at radius 1 is 1.14 bits per heavy atom. The standard InChI is InChI=1S/C17H16N2O2S/c1-20-14-9-7-12(8-10-14)11-15(13-5-3-2-4-6-13)16-18-19-17(22)21-16/h2-10,15H,11H2,1H3,(H,19,22). The zero-order chi connectivity index (χ0) is 15.4. The second-order valence-corrected chi connectivity index (χ2v) is 5.34. The molecule has 1 atom stereocenters. The largest absolute Gasteiger partial charge is 0.497 e. The van der Waals surface area contributed by atoms with E-state index in [9.17, 15) is 0 Å². The Labute approximate surface area is 133 Å². The summed E-state index contributed by atoms with van der Waals surface area (Å²) in [6.07, 6.45) is 0.775. The minimum absolute atomic E-state index is 0.0162. The van der Waals surface area contributed by atoms with Gasteiger partial charge in [0.25, 0.3) is 4.84 Å². The van der Waals surface area contributed by atoms with Gasteiger partial charge in [0.2, 0.25) is 5.89 Å². The summed E-state index contributed by atoms with van der Waals surface area (Å²) in [5, 5.41) is 6.90. The third-order valence-electron chi connectivity index (χ3n) is 3.55. The number of ether oxygens (including phenoxy) is 1. The fourth-order valence-corrected chi connectivity index (χ4v) is 2.55. The molecule has 1 aromatic heterocycles. The number of rotatable bonds is 5. The lowest BCUT2D eigenvalue weighted by atomic mass is 9.92. The first-order valence-electron chi connectivity index (χ1n) is 6.99. The Morgan fingerprint density at radius 3 is 2.45 bits per heavy atom. The Morgan fingerprint density at radius 2 is 1.86 bits per heavy atom. The van der Waals surface area contributed by atoms with Crippen LogP contribution in [0.2, 0.25) is 0 Å². The topological polar surface area (TPSA) is 51.0 Å². The molecule has 0 saturated heterocycles. The monoisotopic (exact) mass is 312 g/mol. The molecule has 3 aromatic rings. The predicted molar refractivity (Wildman–Crippen MR) is 86.7 cm³/mol. The fraction of sp³-hybridized carbons (Fsp3) is 0.176. The summed E-state index contributed by atoms with van der Waals surface area (Å²) in [4.78, 5) is 0.297. The summed E-state index contributed by atoms with van der Waals surface area (Å²) in [5.41, 5.74) is 2.32. The van der Waals surface area contributed by atoms with Crippen LogP contribution in [0.4, 0.5) is 0 Å². The number of H-pyrrole nitrogens is 1. The van der Waals surface area contributed by atoms with Crippen molar-refractivity contribution in [1.29, 1.82) is 0 Å². The number of hydrogen-bond acceptors (Lipinski definition) is 4. The molecule has 0 radical (unpaired) electrons. The molecule has 2 aromatic carbocycles. The van der Waals surface area contributed by atoms with E-state index in [0.29, 0.717) is 10.7 Å². The van der Waals surface area contributed by atoms with Gasteiger partial charge in [-0.2, -0.15) is 0 Å². The molecule has 0 spiro atoms. The normalized spacial score (nSPS) is 12.0. The molecule has 0 saturated carbocycles. The van der Waals surface area contributed by atoms with Crippen LogP contribution in [0.25, 0.3) is 0 Å². The van der Waals surface area contributed by atoms with Gasteiger partial charge in [0.15, 0.2) is 0 Å². The van der Waals surface area contributed by atoms with Gasteiger partial charge >= 0.3 is 0 Å². The first-order chi connectivity index (χ1) is 10.8. The van der Waals surface area contributed by atoms with E-state index in [4.69, 9.17) is 21.4 Å². The van der Waals surface area contributed by atoms with Crippen molar-refractivity contribution in [1.82, 2.24) is 10.2 Å². The molecule has 0 aliphatic carbocycles. The second-order valence-electron chi connectivity index (χ2n) is 4.97. The van der Waals surface area contributed by atoms with Gasteiger partial charge in [-0.1, -0.05) is 42.5 Å². The summed E-state index contributed by atoms with van der Waals surface area (Å²) >= 11 is 5.00. The Hall–Kier alpha value is -2.40. The lowest BCUT2D eigenvalue weighted by Crippen LogP contribution is -2.05. The molecule has 5 heteroatoms. The minimum atomic E-state index is 0.0162. The van der Waals surface area contributed by atoms with Crippen molar-refractivity contribution in [2.45, 2.75) is 12.3 Å². The maximum atomic E-state index is 5.54. The molecule has 112 valence electrons. The number of methoxy groups -OCH3 is 1. The van der Waals surface area contributed by atoms with Crippen LogP contribution in [0.1, 0.15) is 22.9 Å². The average molecular weight is 312 g/mol. The van der Waals surface area contributed by atoms with Crippen LogP contribution in [-0.2, 0) is 6.42 Å². The first-order valence-corrected chi connectivity index (χ1v) is 7.40. The summed E-state index contributed by atoms with van der Waals surface area (Å²) in [7, 11) is 1.66. The lowest BCUT2D eigenvalue weighted by molar-refractivity contribution is 0.414. The summed E-state index contributed by atoms with van der Waals surface area (Å²) < 4.78 is 10.7. The summed E-state index contributed by atoms with van der Waals surface area (Å²) in [6, 6.07) is 18.2. The van der Waals surface area contributed by atoms with Crippen LogP contribution < -0.4 is 4.74 Å². The first kappa shape index (κ1) is 14.5. The Kier molecular flexibility index (Phi) is 4.34. The Balaban J connectivity index is 1.93. The van der Waals surface area contributed by atoms with E-state index in [1.807, 2.05) is 30.3 Å². The highest BCUT2D eigenvalue weighted by Crippen LogP contribution is 2.27. The van der Waals surface area contributed by atoms with Gasteiger partial charge < -0.3 is 9.15 Å². The van der Waals surface area contributed by atoms with Crippen LogP contribution >= 0.6 is 12.2 Å². The van der Waals surface area contributed by atoms with E-state index < -0.39 is 0 Å². The average Bonchev–Trinajstić information content (AvgIpc) is 3.00. The molecule has 3 rings (SSSR count). The number of benzene rings is 2. The van der Waals surface area contributed by atoms with Crippen molar-refractivity contribution in [2.24, 2.45) is 0 Å². The van der Waals surface area contributed by atoms with E-state index >= 15 is 0 Å². The highest BCUT2D eigenvalue weighted by atomic mass is 32.1. The van der Waals surface area contributed by atoms with Crippen molar-refractivity contribution in [3.05, 3.63) is 76.5 Å². The van der Waals surface area contributed by atoms with Gasteiger partial charge in [-0.25, -0.2) is 5.10 Å². The number of nitrogens with zero attached hydrogens (tertiary/aromatic N) is 1. The number of nitrogens with one attached hydrogen (secondary N) is 1. The van der Waals surface area contributed by atoms with Crippen molar-refractivity contribution in [2.75, 3.05) is 7.11 Å². The van der Waals surface area contributed by atoms with Gasteiger partial charge in [-0.15, -0.1) is 5.10 Å². The van der Waals surface area contributed by atoms with E-state index in [-0.39, 0.29) is 5.92 Å². The van der Waals surface area contributed by atoms with Gasteiger partial charge in [0.05, 0.1) is 13.0 Å². The molecule has 0 aliphatic rings. The smallest absolute Gasteiger partial charge is 0.284 e. The predicted octanol–water partition coefficient (Wildman–Crippen LogP) is 4.12. The molecule has 0 aliphatic heterocycles. The Bertz CT molecular complexity index is 778. The number of aromatic nitrogens is 2. The molecular formula is C17H16N2O2S. The van der Waals surface area contributed by atoms with Gasteiger partial charge in [0, 0.05) is 0 Å². The highest BCUT2D eigenvalue weighted by Gasteiger charge is 2.20. The van der Waals surface area contributed by atoms with Gasteiger partial charge in [0.1, 0.15) is 5.75 Å². The van der Waals surface area contributed by atoms with E-state index in [2.05, 4.69) is 34.5 Å². The maximum absolute atomic E-state index is 5.54. The quantitative estimate of drug-likeness (QED) is 0.720. The van der Waals surface area contributed by atoms with Crippen LogP contribution in [0, 0.1) is 4.84 Å². The number of aromatic amines is 1. The van der Waals surface area contributed by atoms with Crippen LogP contribution in [0.5, 0.6) is 5.75 Å². The van der Waals surface area contributed by atoms with Gasteiger partial charge in [-0.05, 0) is 41.9 Å². The van der Waals surface area contributed by atoms with Crippen LogP contribution in [0.15, 0.2) is 59.0 Å². The molecule has 0 amide bonds. The molecule has 4 nitrogen and oxygen atoms in total. The molecule has 1 unspecified atom stereocenters. The van der Waals surface area contributed by atoms with Crippen molar-refractivity contribution in [3.8, 4) is 5.75 Å². The molecule has 0 bridgehead atoms. The molecule has 22 heavy (non-hydrogen) atoms. The number of hydrogen-bond donors (Lipinski definition) is 1. The lowest BCUT2D eigenvalue weighted by Gasteiger charge is -2.14. The van der Waals surface area contributed by atoms with E-state index in [0.717, 1.165) is 17.7 Å². The van der Waals surface area contributed by atoms with E-state index in [1.54, 1.807) is 7.11 Å². The third kappa shape index (κ3) is 3.26. The molecule has 1 heterocycles. The SMILES string of the molecule is COc1ccc(CC(c2ccccc2)c2n[nH]c(=S)o2)cc1. The summed E-state index contributed by atoms with van der Waals surface area (Å²) in [5.74, 6) is 1.46. The minimum Gasteiger partial charge on any atom is -0.497 e. The highest BCUT2D eigenvalue weighted by molar-refractivity contribution is 7.71. The van der Waals surface area contributed by atoms with Crippen molar-refractivity contribution >= 4 is 12.2 Å². The van der Waals surface area contributed by atoms with Gasteiger partial charge in [-0.3, -0.25) is 0 Å². The van der Waals surface area contributed by atoms with E-state index in [1.165, 1.54) is 5.56 Å². The zero-order valence-corrected chi connectivity index (χ0v) is 13.0. The van der Waals surface area contributed by atoms with Crippen LogP contribution in [0.3, 0.4) is 0 Å². The molecule has 1 N–H and O–H groups in total. The fourth-order valence-electron chi connectivity index (χ4n) is 2.42. The third-order valence-corrected chi connectivity index (χ3v) is 3.73. The maximum Gasteiger partial charge on any atom is 0.284 e. The van der Waals surface area contributed by atoms with Crippen LogP contribution in [-0.4, -0.2) is 17.3 Å². The zero-order valence-electron chi connectivity index (χ0n) is 12.2. The van der Waals surface area contributed by atoms with Crippen molar-refractivity contribution in [3.63, 3.8) is 0 Å². The molecular weight excluding hydrogens is 296 g/mol.